The van der Waals surface area contributed by atoms with Crippen LogP contribution in [-0.2, 0) is 14.9 Å². The lowest BCUT2D eigenvalue weighted by atomic mass is 10.1. The summed E-state index contributed by atoms with van der Waals surface area (Å²) in [4.78, 5) is 4.60. The summed E-state index contributed by atoms with van der Waals surface area (Å²) in [6, 6.07) is 5.02. The first-order chi connectivity index (χ1) is 11.5. The molecule has 140 valence electrons. The van der Waals surface area contributed by atoms with Gasteiger partial charge in [-0.3, -0.25) is 4.72 Å². The van der Waals surface area contributed by atoms with Crippen molar-refractivity contribution in [2.24, 2.45) is 5.16 Å². The number of hydrogen-bond acceptors (Lipinski definition) is 4. The Bertz CT molecular complexity index is 770. The maximum Gasteiger partial charge on any atom is 0.516 e. The van der Waals surface area contributed by atoms with Crippen LogP contribution in [0.25, 0.3) is 0 Å². The number of nitrogens with zero attached hydrogens (tertiary/aromatic N) is 1. The van der Waals surface area contributed by atoms with Crippen LogP contribution >= 0.6 is 0 Å². The maximum absolute atomic E-state index is 12.6. The van der Waals surface area contributed by atoms with Gasteiger partial charge in [0.1, 0.15) is 6.61 Å². The molecule has 0 aliphatic carbocycles. The number of anilines is 1. The molecular formula is C13H12F6N2O3S. The molecule has 1 rings (SSSR count). The highest BCUT2D eigenvalue weighted by Gasteiger charge is 2.46. The molecule has 1 N–H and O–H groups in total. The minimum atomic E-state index is -5.64. The van der Waals surface area contributed by atoms with Gasteiger partial charge in [0.15, 0.2) is 5.83 Å². The highest BCUT2D eigenvalue weighted by Crippen LogP contribution is 2.27. The smallest absolute Gasteiger partial charge is 0.395 e. The molecule has 1 aromatic carbocycles. The summed E-state index contributed by atoms with van der Waals surface area (Å²) < 4.78 is 97.3. The van der Waals surface area contributed by atoms with Crippen LogP contribution in [0.15, 0.2) is 41.3 Å². The third kappa shape index (κ3) is 5.96. The van der Waals surface area contributed by atoms with Gasteiger partial charge in [-0.2, -0.15) is 30.4 Å². The number of para-hydroxylation sites is 1. The Morgan fingerprint density at radius 2 is 1.80 bits per heavy atom. The number of halogens is 6. The highest BCUT2D eigenvalue weighted by molar-refractivity contribution is 7.93. The molecule has 0 heterocycles. The number of benzene rings is 1. The van der Waals surface area contributed by atoms with Crippen molar-refractivity contribution in [1.29, 1.82) is 0 Å². The largest absolute Gasteiger partial charge is 0.516 e. The number of alkyl halides is 3. The molecule has 5 nitrogen and oxygen atoms in total. The monoisotopic (exact) mass is 390 g/mol. The van der Waals surface area contributed by atoms with Gasteiger partial charge in [0.2, 0.25) is 0 Å². The molecule has 0 atom stereocenters. The first-order valence-corrected chi connectivity index (χ1v) is 7.98. The van der Waals surface area contributed by atoms with Crippen LogP contribution in [-0.4, -0.2) is 26.2 Å². The Hall–Kier alpha value is -2.24. The van der Waals surface area contributed by atoms with Crippen LogP contribution in [0.2, 0.25) is 0 Å². The molecule has 25 heavy (non-hydrogen) atoms. The van der Waals surface area contributed by atoms with Crippen molar-refractivity contribution in [2.45, 2.75) is 18.9 Å². The van der Waals surface area contributed by atoms with Crippen LogP contribution in [0.5, 0.6) is 0 Å². The third-order valence-electron chi connectivity index (χ3n) is 2.69. The van der Waals surface area contributed by atoms with E-state index in [9.17, 15) is 34.8 Å². The second kappa shape index (κ2) is 8.23. The molecule has 0 bridgehead atoms. The predicted octanol–water partition coefficient (Wildman–Crippen LogP) is 4.16. The number of rotatable bonds is 7. The van der Waals surface area contributed by atoms with Crippen molar-refractivity contribution in [3.8, 4) is 0 Å². The zero-order valence-electron chi connectivity index (χ0n) is 12.6. The molecule has 0 saturated carbocycles. The quantitative estimate of drug-likeness (QED) is 0.329. The maximum atomic E-state index is 12.6. The van der Waals surface area contributed by atoms with E-state index in [-0.39, 0.29) is 11.3 Å². The number of oxime groups is 1. The summed E-state index contributed by atoms with van der Waals surface area (Å²) in [6.07, 6.45) is -3.24. The Morgan fingerprint density at radius 1 is 1.20 bits per heavy atom. The van der Waals surface area contributed by atoms with Gasteiger partial charge in [-0.1, -0.05) is 23.4 Å². The lowest BCUT2D eigenvalue weighted by Crippen LogP contribution is -2.30. The standard InChI is InChI=1S/C13H12F6N2O3S/c1-8(20-24-7-6-10(14)12(15)16)9-4-2-3-5-11(9)21-25(22,23)13(17,18)19/h2-5,21H,6-7H2,1H3/b20-8+. The minimum Gasteiger partial charge on any atom is -0.395 e. The van der Waals surface area contributed by atoms with Gasteiger partial charge < -0.3 is 4.84 Å². The number of nitrogens with one attached hydrogen (secondary N) is 1. The summed E-state index contributed by atoms with van der Waals surface area (Å²) in [6.45, 7) is 0.736. The zero-order chi connectivity index (χ0) is 19.3. The van der Waals surface area contributed by atoms with Crippen molar-refractivity contribution in [2.75, 3.05) is 11.3 Å². The average Bonchev–Trinajstić information content (AvgIpc) is 2.50. The van der Waals surface area contributed by atoms with E-state index in [0.29, 0.717) is 0 Å². The minimum absolute atomic E-state index is 0.0389. The van der Waals surface area contributed by atoms with Crippen molar-refractivity contribution >= 4 is 21.4 Å². The third-order valence-corrected chi connectivity index (χ3v) is 3.78. The van der Waals surface area contributed by atoms with Crippen LogP contribution in [0.3, 0.4) is 0 Å². The van der Waals surface area contributed by atoms with E-state index in [4.69, 9.17) is 0 Å². The summed E-state index contributed by atoms with van der Waals surface area (Å²) in [7, 11) is -5.64. The van der Waals surface area contributed by atoms with Crippen LogP contribution in [0.1, 0.15) is 18.9 Å². The number of sulfonamides is 1. The lowest BCUT2D eigenvalue weighted by Gasteiger charge is -2.13. The Kier molecular flexibility index (Phi) is 6.85. The van der Waals surface area contributed by atoms with Crippen molar-refractivity contribution < 1.29 is 39.6 Å². The Morgan fingerprint density at radius 3 is 2.36 bits per heavy atom. The van der Waals surface area contributed by atoms with Gasteiger partial charge in [0, 0.05) is 12.0 Å². The first kappa shape index (κ1) is 20.8. The molecule has 0 spiro atoms. The predicted molar refractivity (Wildman–Crippen MR) is 78.2 cm³/mol. The van der Waals surface area contributed by atoms with E-state index >= 15 is 0 Å². The van der Waals surface area contributed by atoms with Crippen molar-refractivity contribution in [1.82, 2.24) is 0 Å². The van der Waals surface area contributed by atoms with Crippen molar-refractivity contribution in [3.63, 3.8) is 0 Å². The van der Waals surface area contributed by atoms with Crippen LogP contribution < -0.4 is 4.72 Å². The second-order valence-electron chi connectivity index (χ2n) is 4.52. The topological polar surface area (TPSA) is 67.8 Å². The molecule has 1 aromatic rings. The van der Waals surface area contributed by atoms with E-state index in [1.807, 2.05) is 0 Å². The summed E-state index contributed by atoms with van der Waals surface area (Å²) in [5, 5.41) is 3.44. The van der Waals surface area contributed by atoms with Crippen LogP contribution in [0.4, 0.5) is 32.0 Å². The van der Waals surface area contributed by atoms with E-state index < -0.39 is 46.2 Å². The van der Waals surface area contributed by atoms with Gasteiger partial charge in [0.25, 0.3) is 0 Å². The first-order valence-electron chi connectivity index (χ1n) is 6.50. The normalized spacial score (nSPS) is 12.7. The molecule has 0 unspecified atom stereocenters. The Labute approximate surface area is 139 Å². The van der Waals surface area contributed by atoms with Gasteiger partial charge in [-0.15, -0.1) is 0 Å². The SMILES string of the molecule is C/C(=N\OCCC(F)=C(F)F)c1ccccc1NS(=O)(=O)C(F)(F)F. The van der Waals surface area contributed by atoms with E-state index in [0.717, 1.165) is 6.07 Å². The van der Waals surface area contributed by atoms with Crippen molar-refractivity contribution in [3.05, 3.63) is 41.7 Å². The highest BCUT2D eigenvalue weighted by atomic mass is 32.2. The molecule has 0 fully saturated rings. The van der Waals surface area contributed by atoms with Gasteiger partial charge in [-0.05, 0) is 13.0 Å². The Balaban J connectivity index is 2.92. The molecule has 12 heteroatoms. The molecule has 0 saturated heterocycles. The second-order valence-corrected chi connectivity index (χ2v) is 6.20. The molecular weight excluding hydrogens is 378 g/mol. The van der Waals surface area contributed by atoms with E-state index in [1.54, 1.807) is 0 Å². The number of hydrogen-bond donors (Lipinski definition) is 1. The molecule has 0 aliphatic rings. The fourth-order valence-electron chi connectivity index (χ4n) is 1.51. The van der Waals surface area contributed by atoms with Crippen LogP contribution in [0, 0.1) is 0 Å². The molecule has 0 amide bonds. The van der Waals surface area contributed by atoms with E-state index in [2.05, 4.69) is 9.99 Å². The van der Waals surface area contributed by atoms with Gasteiger partial charge in [0.05, 0.1) is 11.4 Å². The average molecular weight is 390 g/mol. The molecule has 0 aliphatic heterocycles. The van der Waals surface area contributed by atoms with Gasteiger partial charge >= 0.3 is 21.6 Å². The molecule has 0 aromatic heterocycles. The summed E-state index contributed by atoms with van der Waals surface area (Å²) in [5.74, 6) is -1.67. The van der Waals surface area contributed by atoms with Gasteiger partial charge in [-0.25, -0.2) is 4.39 Å². The fourth-order valence-corrected chi connectivity index (χ4v) is 2.09. The summed E-state index contributed by atoms with van der Waals surface area (Å²) in [5.41, 5.74) is -6.01. The lowest BCUT2D eigenvalue weighted by molar-refractivity contribution is -0.0429. The zero-order valence-corrected chi connectivity index (χ0v) is 13.4. The fraction of sp³-hybridized carbons (Fsp3) is 0.308. The summed E-state index contributed by atoms with van der Waals surface area (Å²) >= 11 is 0. The van der Waals surface area contributed by atoms with E-state index in [1.165, 1.54) is 29.8 Å². The molecule has 0 radical (unpaired) electrons.